The number of nitrogens with one attached hydrogen (secondary N) is 2. The molecule has 0 bridgehead atoms. The predicted octanol–water partition coefficient (Wildman–Crippen LogP) is 5.58. The fourth-order valence-electron chi connectivity index (χ4n) is 2.48. The summed E-state index contributed by atoms with van der Waals surface area (Å²) in [5.74, 6) is 0.562. The second-order valence-electron chi connectivity index (χ2n) is 5.51. The van der Waals surface area contributed by atoms with Crippen LogP contribution in [0.1, 0.15) is 6.92 Å². The topological polar surface area (TPSA) is 102 Å². The Bertz CT molecular complexity index is 996. The van der Waals surface area contributed by atoms with Gasteiger partial charge in [0, 0.05) is 15.7 Å². The van der Waals surface area contributed by atoms with Crippen LogP contribution in [0.3, 0.4) is 0 Å². The molecular formula is C18H15Cl2N5O3. The summed E-state index contributed by atoms with van der Waals surface area (Å²) in [5.41, 5.74) is 0.674. The molecule has 0 saturated carbocycles. The highest BCUT2D eigenvalue weighted by Crippen LogP contribution is 2.36. The number of hydrogen-bond acceptors (Lipinski definition) is 7. The van der Waals surface area contributed by atoms with Crippen molar-refractivity contribution in [1.82, 2.24) is 9.97 Å². The smallest absolute Gasteiger partial charge is 0.353 e. The van der Waals surface area contributed by atoms with E-state index in [9.17, 15) is 10.1 Å². The van der Waals surface area contributed by atoms with Crippen LogP contribution < -0.4 is 15.4 Å². The Hall–Kier alpha value is -3.10. The SMILES string of the molecule is CCOc1ccccc1Nc1ncnc(Nc2cc(Cl)cc(Cl)c2)c1[N+](=O)[O-]. The third-order valence-corrected chi connectivity index (χ3v) is 4.01. The Kier molecular flexibility index (Phi) is 6.13. The molecule has 0 radical (unpaired) electrons. The number of benzene rings is 2. The molecule has 8 nitrogen and oxygen atoms in total. The van der Waals surface area contributed by atoms with Crippen molar-refractivity contribution in [3.05, 3.63) is 69.0 Å². The van der Waals surface area contributed by atoms with Crippen molar-refractivity contribution < 1.29 is 9.66 Å². The summed E-state index contributed by atoms with van der Waals surface area (Å²) >= 11 is 12.0. The maximum absolute atomic E-state index is 11.7. The minimum Gasteiger partial charge on any atom is -0.492 e. The van der Waals surface area contributed by atoms with Gasteiger partial charge in [-0.3, -0.25) is 10.1 Å². The van der Waals surface area contributed by atoms with Crippen LogP contribution in [0.5, 0.6) is 5.75 Å². The van der Waals surface area contributed by atoms with Gasteiger partial charge in [0.1, 0.15) is 12.1 Å². The van der Waals surface area contributed by atoms with E-state index < -0.39 is 4.92 Å². The maximum Gasteiger partial charge on any atom is 0.353 e. The van der Waals surface area contributed by atoms with Gasteiger partial charge >= 0.3 is 5.69 Å². The van der Waals surface area contributed by atoms with Gasteiger partial charge in [0.25, 0.3) is 0 Å². The minimum atomic E-state index is -0.569. The first kappa shape index (κ1) is 19.7. The summed E-state index contributed by atoms with van der Waals surface area (Å²) in [5, 5.41) is 18.3. The molecule has 0 fully saturated rings. The van der Waals surface area contributed by atoms with Crippen LogP contribution in [0.4, 0.5) is 28.7 Å². The molecule has 2 N–H and O–H groups in total. The molecule has 0 atom stereocenters. The summed E-state index contributed by atoms with van der Waals surface area (Å²) in [6.45, 7) is 2.30. The zero-order chi connectivity index (χ0) is 20.1. The Balaban J connectivity index is 1.99. The first-order valence-corrected chi connectivity index (χ1v) is 8.95. The zero-order valence-electron chi connectivity index (χ0n) is 14.6. The van der Waals surface area contributed by atoms with E-state index in [0.29, 0.717) is 33.8 Å². The molecule has 0 aliphatic heterocycles. The first-order chi connectivity index (χ1) is 13.5. The van der Waals surface area contributed by atoms with Gasteiger partial charge in [-0.05, 0) is 37.3 Å². The van der Waals surface area contributed by atoms with Gasteiger partial charge in [0.05, 0.1) is 17.2 Å². The number of para-hydroxylation sites is 2. The summed E-state index contributed by atoms with van der Waals surface area (Å²) in [4.78, 5) is 19.2. The summed E-state index contributed by atoms with van der Waals surface area (Å²) in [7, 11) is 0. The quantitative estimate of drug-likeness (QED) is 0.380. The lowest BCUT2D eigenvalue weighted by Crippen LogP contribution is -2.06. The number of nitrogens with zero attached hydrogens (tertiary/aromatic N) is 3. The minimum absolute atomic E-state index is 0.00488. The zero-order valence-corrected chi connectivity index (χ0v) is 16.2. The third kappa shape index (κ3) is 4.59. The van der Waals surface area contributed by atoms with Gasteiger partial charge in [-0.15, -0.1) is 0 Å². The molecule has 0 aliphatic carbocycles. The van der Waals surface area contributed by atoms with Crippen molar-refractivity contribution in [1.29, 1.82) is 0 Å². The van der Waals surface area contributed by atoms with Crippen molar-refractivity contribution in [2.45, 2.75) is 6.92 Å². The van der Waals surface area contributed by atoms with Gasteiger partial charge in [-0.1, -0.05) is 35.3 Å². The molecule has 0 amide bonds. The number of halogens is 2. The Morgan fingerprint density at radius 1 is 1.07 bits per heavy atom. The van der Waals surface area contributed by atoms with Crippen molar-refractivity contribution in [3.63, 3.8) is 0 Å². The van der Waals surface area contributed by atoms with Gasteiger partial charge in [-0.2, -0.15) is 0 Å². The van der Waals surface area contributed by atoms with E-state index >= 15 is 0 Å². The maximum atomic E-state index is 11.7. The van der Waals surface area contributed by atoms with Crippen LogP contribution in [0.15, 0.2) is 48.8 Å². The van der Waals surface area contributed by atoms with Gasteiger partial charge in [0.2, 0.25) is 11.6 Å². The van der Waals surface area contributed by atoms with E-state index in [1.54, 1.807) is 42.5 Å². The number of hydrogen-bond donors (Lipinski definition) is 2. The van der Waals surface area contributed by atoms with E-state index in [4.69, 9.17) is 27.9 Å². The highest BCUT2D eigenvalue weighted by molar-refractivity contribution is 6.35. The highest BCUT2D eigenvalue weighted by atomic mass is 35.5. The lowest BCUT2D eigenvalue weighted by molar-refractivity contribution is -0.383. The second-order valence-corrected chi connectivity index (χ2v) is 6.39. The fraction of sp³-hybridized carbons (Fsp3) is 0.111. The van der Waals surface area contributed by atoms with E-state index in [1.807, 2.05) is 6.92 Å². The molecule has 1 aromatic heterocycles. The molecular weight excluding hydrogens is 405 g/mol. The van der Waals surface area contributed by atoms with E-state index in [0.717, 1.165) is 0 Å². The monoisotopic (exact) mass is 419 g/mol. The number of aromatic nitrogens is 2. The van der Waals surface area contributed by atoms with Crippen LogP contribution in [-0.2, 0) is 0 Å². The van der Waals surface area contributed by atoms with Crippen molar-refractivity contribution >= 4 is 51.9 Å². The molecule has 2 aromatic carbocycles. The normalized spacial score (nSPS) is 10.4. The summed E-state index contributed by atoms with van der Waals surface area (Å²) in [6.07, 6.45) is 1.22. The van der Waals surface area contributed by atoms with E-state index in [-0.39, 0.29) is 17.3 Å². The van der Waals surface area contributed by atoms with Crippen LogP contribution in [0, 0.1) is 10.1 Å². The molecule has 1 heterocycles. The van der Waals surface area contributed by atoms with E-state index in [1.165, 1.54) is 6.33 Å². The van der Waals surface area contributed by atoms with Crippen molar-refractivity contribution in [2.24, 2.45) is 0 Å². The van der Waals surface area contributed by atoms with Crippen LogP contribution in [0.25, 0.3) is 0 Å². The Morgan fingerprint density at radius 3 is 2.36 bits per heavy atom. The highest BCUT2D eigenvalue weighted by Gasteiger charge is 2.24. The first-order valence-electron chi connectivity index (χ1n) is 8.19. The predicted molar refractivity (Wildman–Crippen MR) is 109 cm³/mol. The standard InChI is InChI=1S/C18H15Cl2N5O3/c1-2-28-15-6-4-3-5-14(15)24-18-16(25(26)27)17(21-10-22-18)23-13-8-11(19)7-12(20)9-13/h3-10H,2H2,1H3,(H2,21,22,23,24). The summed E-state index contributed by atoms with van der Waals surface area (Å²) < 4.78 is 5.54. The van der Waals surface area contributed by atoms with Gasteiger partial charge in [0.15, 0.2) is 0 Å². The molecule has 3 aromatic rings. The van der Waals surface area contributed by atoms with Crippen LogP contribution >= 0.6 is 23.2 Å². The second kappa shape index (κ2) is 8.73. The molecule has 0 unspecified atom stereocenters. The number of rotatable bonds is 7. The number of anilines is 4. The third-order valence-electron chi connectivity index (χ3n) is 3.57. The number of ether oxygens (including phenoxy) is 1. The van der Waals surface area contributed by atoms with Crippen molar-refractivity contribution in [2.75, 3.05) is 17.2 Å². The Morgan fingerprint density at radius 2 is 1.71 bits per heavy atom. The average Bonchev–Trinajstić information content (AvgIpc) is 2.62. The fourth-order valence-corrected chi connectivity index (χ4v) is 3.00. The van der Waals surface area contributed by atoms with Gasteiger partial charge in [-0.25, -0.2) is 9.97 Å². The lowest BCUT2D eigenvalue weighted by Gasteiger charge is -2.13. The van der Waals surface area contributed by atoms with E-state index in [2.05, 4.69) is 20.6 Å². The van der Waals surface area contributed by atoms with Crippen LogP contribution in [-0.4, -0.2) is 21.5 Å². The lowest BCUT2D eigenvalue weighted by atomic mass is 10.2. The van der Waals surface area contributed by atoms with Crippen LogP contribution in [0.2, 0.25) is 10.0 Å². The largest absolute Gasteiger partial charge is 0.492 e. The molecule has 0 spiro atoms. The number of nitro groups is 1. The molecule has 144 valence electrons. The average molecular weight is 420 g/mol. The molecule has 0 saturated heterocycles. The van der Waals surface area contributed by atoms with Gasteiger partial charge < -0.3 is 15.4 Å². The molecule has 3 rings (SSSR count). The summed E-state index contributed by atoms with van der Waals surface area (Å²) in [6, 6.07) is 11.8. The van der Waals surface area contributed by atoms with Crippen molar-refractivity contribution in [3.8, 4) is 5.75 Å². The molecule has 10 heteroatoms. The molecule has 0 aliphatic rings. The molecule has 28 heavy (non-hydrogen) atoms. The Labute approximate surface area is 170 Å².